The van der Waals surface area contributed by atoms with Crippen LogP contribution in [0.4, 0.5) is 5.69 Å². The first-order valence-electron chi connectivity index (χ1n) is 33.5. The van der Waals surface area contributed by atoms with Crippen molar-refractivity contribution in [1.29, 1.82) is 5.26 Å². The summed E-state index contributed by atoms with van der Waals surface area (Å²) in [5.41, 5.74) is 10.1. The highest BCUT2D eigenvalue weighted by Crippen LogP contribution is 2.50. The number of aromatic nitrogens is 1. The number of aryl methyl sites for hydroxylation is 5. The number of para-hydroxylation sites is 1. The average Bonchev–Trinajstić information content (AvgIpc) is 1.90. The van der Waals surface area contributed by atoms with Gasteiger partial charge in [-0.2, -0.15) is 5.26 Å². The molecule has 8 aromatic rings. The van der Waals surface area contributed by atoms with Gasteiger partial charge in [-0.25, -0.2) is 4.79 Å². The molecule has 5 aromatic heterocycles. The number of fused-ring (bicyclic) bond motifs is 3. The Balaban J connectivity index is 1.16. The van der Waals surface area contributed by atoms with E-state index >= 15 is 0 Å². The second-order valence-electron chi connectivity index (χ2n) is 24.1. The molecule has 0 fully saturated rings. The number of carboxylic acid groups (broad SMARTS) is 2. The molecule has 0 atom stereocenters. The Morgan fingerprint density at radius 1 is 0.500 bits per heavy atom. The quantitative estimate of drug-likeness (QED) is 0.0224. The molecular formula is C76H95N3O5S4. The molecular weight excluding hydrogens is 1160 g/mol. The van der Waals surface area contributed by atoms with Crippen molar-refractivity contribution in [3.63, 3.8) is 0 Å². The molecule has 0 saturated carbocycles. The first-order valence-corrected chi connectivity index (χ1v) is 36.8. The number of nitriles is 1. The van der Waals surface area contributed by atoms with Gasteiger partial charge >= 0.3 is 11.9 Å². The maximum absolute atomic E-state index is 14.9. The van der Waals surface area contributed by atoms with Crippen molar-refractivity contribution in [2.75, 3.05) is 11.4 Å². The molecule has 0 spiro atoms. The van der Waals surface area contributed by atoms with Crippen LogP contribution in [0.2, 0.25) is 0 Å². The minimum Gasteiger partial charge on any atom is -0.481 e. The predicted molar refractivity (Wildman–Crippen MR) is 378 cm³/mol. The molecule has 0 aliphatic heterocycles. The van der Waals surface area contributed by atoms with Crippen LogP contribution in [0.3, 0.4) is 0 Å². The van der Waals surface area contributed by atoms with E-state index < -0.39 is 11.9 Å². The van der Waals surface area contributed by atoms with E-state index in [9.17, 15) is 24.8 Å². The number of amides is 1. The maximum atomic E-state index is 14.9. The Labute approximate surface area is 541 Å². The third-order valence-electron chi connectivity index (χ3n) is 17.3. The molecule has 468 valence electrons. The molecule has 0 aliphatic carbocycles. The molecule has 8 nitrogen and oxygen atoms in total. The lowest BCUT2D eigenvalue weighted by Gasteiger charge is -2.23. The summed E-state index contributed by atoms with van der Waals surface area (Å²) in [4.78, 5) is 49.7. The Kier molecular flexibility index (Phi) is 27.2. The second kappa shape index (κ2) is 35.3. The first-order chi connectivity index (χ1) is 43.0. The molecule has 0 unspecified atom stereocenters. The molecule has 88 heavy (non-hydrogen) atoms. The zero-order valence-electron chi connectivity index (χ0n) is 53.3. The number of thiophene rings is 4. The maximum Gasteiger partial charge on any atom is 0.335 e. The third-order valence-corrected chi connectivity index (χ3v) is 22.6. The van der Waals surface area contributed by atoms with Crippen LogP contribution in [0, 0.1) is 11.3 Å². The fraction of sp³-hybridized carbons (Fsp3) is 0.474. The summed E-state index contributed by atoms with van der Waals surface area (Å²) in [6, 6.07) is 34.7. The fourth-order valence-corrected chi connectivity index (χ4v) is 17.6. The predicted octanol–water partition coefficient (Wildman–Crippen LogP) is 23.5. The van der Waals surface area contributed by atoms with Crippen LogP contribution in [0.15, 0.2) is 96.6 Å². The van der Waals surface area contributed by atoms with Crippen molar-refractivity contribution < 1.29 is 24.6 Å². The molecule has 3 aromatic carbocycles. The van der Waals surface area contributed by atoms with Crippen molar-refractivity contribution in [2.45, 2.75) is 227 Å². The number of anilines is 1. The van der Waals surface area contributed by atoms with E-state index in [1.165, 1.54) is 160 Å². The van der Waals surface area contributed by atoms with Crippen LogP contribution in [-0.4, -0.2) is 39.2 Å². The van der Waals surface area contributed by atoms with Crippen LogP contribution in [-0.2, 0) is 41.8 Å². The highest BCUT2D eigenvalue weighted by molar-refractivity contribution is 7.29. The minimum absolute atomic E-state index is 0.0727. The summed E-state index contributed by atoms with van der Waals surface area (Å²) in [7, 11) is 0. The van der Waals surface area contributed by atoms with Crippen molar-refractivity contribution >= 4 is 96.8 Å². The largest absolute Gasteiger partial charge is 0.481 e. The highest BCUT2D eigenvalue weighted by Gasteiger charge is 2.26. The van der Waals surface area contributed by atoms with Gasteiger partial charge in [0.15, 0.2) is 0 Å². The molecule has 1 amide bonds. The van der Waals surface area contributed by atoms with Crippen LogP contribution in [0.25, 0.3) is 67.6 Å². The molecule has 0 aliphatic rings. The zero-order chi connectivity index (χ0) is 62.2. The number of carboxylic acids is 2. The number of aromatic carboxylic acids is 1. The van der Waals surface area contributed by atoms with Gasteiger partial charge in [0, 0.05) is 86.0 Å². The number of unbranched alkanes of at least 4 members (excludes halogenated alkanes) is 19. The van der Waals surface area contributed by atoms with Crippen molar-refractivity contribution in [3.8, 4) is 45.8 Å². The van der Waals surface area contributed by atoms with Gasteiger partial charge in [-0.15, -0.1) is 45.3 Å². The Morgan fingerprint density at radius 2 is 0.966 bits per heavy atom. The number of aliphatic carboxylic acids is 1. The van der Waals surface area contributed by atoms with E-state index in [2.05, 4.69) is 112 Å². The lowest BCUT2D eigenvalue weighted by atomic mass is 10.0. The van der Waals surface area contributed by atoms with Crippen molar-refractivity contribution in [1.82, 2.24) is 4.57 Å². The van der Waals surface area contributed by atoms with Crippen LogP contribution in [0.1, 0.15) is 233 Å². The van der Waals surface area contributed by atoms with Gasteiger partial charge in [0.1, 0.15) is 11.6 Å². The summed E-state index contributed by atoms with van der Waals surface area (Å²) < 4.78 is 2.44. The van der Waals surface area contributed by atoms with Crippen LogP contribution in [0.5, 0.6) is 0 Å². The van der Waals surface area contributed by atoms with Crippen LogP contribution >= 0.6 is 45.3 Å². The molecule has 0 bridgehead atoms. The van der Waals surface area contributed by atoms with E-state index in [-0.39, 0.29) is 23.5 Å². The molecule has 8 rings (SSSR count). The van der Waals surface area contributed by atoms with E-state index in [1.54, 1.807) is 28.4 Å². The summed E-state index contributed by atoms with van der Waals surface area (Å²) in [5, 5.41) is 32.3. The monoisotopic (exact) mass is 1260 g/mol. The smallest absolute Gasteiger partial charge is 0.335 e. The average molecular weight is 1260 g/mol. The Hall–Kier alpha value is -6.10. The van der Waals surface area contributed by atoms with E-state index in [4.69, 9.17) is 5.11 Å². The minimum atomic E-state index is -1.04. The number of carbonyl (C=O) groups excluding carboxylic acids is 1. The fourth-order valence-electron chi connectivity index (χ4n) is 12.4. The van der Waals surface area contributed by atoms with E-state index in [1.807, 2.05) is 40.1 Å². The normalized spacial score (nSPS) is 11.8. The summed E-state index contributed by atoms with van der Waals surface area (Å²) in [5.74, 6) is -2.16. The number of hydrogen-bond acceptors (Lipinski definition) is 8. The Bertz CT molecular complexity index is 3600. The lowest BCUT2D eigenvalue weighted by Crippen LogP contribution is -2.33. The SMILES string of the molecule is CCCCCCc1cc(-c2sc(-c3sc(-c4sc(-c5ccc6c(c5)c5ccccc5n6CC)cc4CCCCCC)cc3CCCCCC)cc2CCCCCC)sc1/C=C(\C#N)C(=O)N(CCCCCCCCCCC(=O)O)c1ccc(C(=O)O)cc1. The van der Waals surface area contributed by atoms with E-state index in [0.717, 1.165) is 121 Å². The number of benzene rings is 3. The van der Waals surface area contributed by atoms with Gasteiger partial charge in [-0.3, -0.25) is 9.59 Å². The second-order valence-corrected chi connectivity index (χ2v) is 28.3. The van der Waals surface area contributed by atoms with Crippen molar-refractivity contribution in [3.05, 3.63) is 129 Å². The third kappa shape index (κ3) is 18.3. The molecule has 2 N–H and O–H groups in total. The van der Waals surface area contributed by atoms with Crippen molar-refractivity contribution in [2.24, 2.45) is 0 Å². The van der Waals surface area contributed by atoms with Gasteiger partial charge < -0.3 is 19.7 Å². The Morgan fingerprint density at radius 3 is 1.49 bits per heavy atom. The van der Waals surface area contributed by atoms with Gasteiger partial charge in [-0.05, 0) is 172 Å². The topological polar surface area (TPSA) is 124 Å². The molecule has 0 saturated heterocycles. The van der Waals surface area contributed by atoms with Gasteiger partial charge in [0.25, 0.3) is 5.91 Å². The summed E-state index contributed by atoms with van der Waals surface area (Å²) >= 11 is 7.63. The number of carbonyl (C=O) groups is 3. The van der Waals surface area contributed by atoms with Gasteiger partial charge in [-0.1, -0.05) is 168 Å². The number of nitrogens with zero attached hydrogens (tertiary/aromatic N) is 3. The lowest BCUT2D eigenvalue weighted by molar-refractivity contribution is -0.137. The molecule has 12 heteroatoms. The standard InChI is InChI=1S/C76H95N3O5S4/c1-6-11-15-25-33-55-48-68(85-66(55)52-60(53-77)75(82)79(61-43-40-54(41-44-61)76(83)84)46-32-24-22-20-19-21-23-29-39-71(80)81)72-58(35-27-17-13-8-3)50-70(87-72)74-59(36-28-18-14-9-4)51-69(88-74)73-57(34-26-16-12-7-2)49-67(86-73)56-42-45-65-63(47-56)62-37-30-31-38-64(62)78(65)10-5/h30-31,37-38,40-45,47-52H,6-29,32-36,39,46H2,1-5H3,(H,80,81)(H,83,84)/b60-52+. The number of rotatable bonds is 40. The zero-order valence-corrected chi connectivity index (χ0v) is 56.5. The molecule has 5 heterocycles. The van der Waals surface area contributed by atoms with E-state index in [0.29, 0.717) is 18.7 Å². The molecule has 0 radical (unpaired) electrons. The summed E-state index contributed by atoms with van der Waals surface area (Å²) in [6.07, 6.45) is 32.1. The van der Waals surface area contributed by atoms with Gasteiger partial charge in [0.05, 0.1) is 5.56 Å². The number of hydrogen-bond donors (Lipinski definition) is 2. The van der Waals surface area contributed by atoms with Gasteiger partial charge in [0.2, 0.25) is 0 Å². The van der Waals surface area contributed by atoms with Crippen LogP contribution < -0.4 is 4.90 Å². The summed E-state index contributed by atoms with van der Waals surface area (Å²) in [6.45, 7) is 12.7. The first kappa shape index (κ1) is 67.8. The highest BCUT2D eigenvalue weighted by atomic mass is 32.1.